The summed E-state index contributed by atoms with van der Waals surface area (Å²) in [7, 11) is 0. The topological polar surface area (TPSA) is 0 Å². The SMILES string of the molecule is C/C=C\C(CC)C(C)C. The van der Waals surface area contributed by atoms with Crippen molar-refractivity contribution in [3.63, 3.8) is 0 Å². The molecule has 0 bridgehead atoms. The van der Waals surface area contributed by atoms with Crippen LogP contribution in [0.5, 0.6) is 0 Å². The Morgan fingerprint density at radius 2 is 1.89 bits per heavy atom. The normalized spacial score (nSPS) is 15.2. The van der Waals surface area contributed by atoms with Gasteiger partial charge >= 0.3 is 0 Å². The average Bonchev–Trinajstić information content (AvgIpc) is 1.82. The smallest absolute Gasteiger partial charge is 0.0213 e. The zero-order chi connectivity index (χ0) is 7.28. The first kappa shape index (κ1) is 8.74. The molecule has 9 heavy (non-hydrogen) atoms. The van der Waals surface area contributed by atoms with E-state index in [0.29, 0.717) is 0 Å². The summed E-state index contributed by atoms with van der Waals surface area (Å²) < 4.78 is 0. The first-order chi connectivity index (χ1) is 4.22. The van der Waals surface area contributed by atoms with E-state index >= 15 is 0 Å². The van der Waals surface area contributed by atoms with Crippen LogP contribution < -0.4 is 0 Å². The van der Waals surface area contributed by atoms with Crippen LogP contribution in [0.15, 0.2) is 12.2 Å². The van der Waals surface area contributed by atoms with Crippen LogP contribution in [0.2, 0.25) is 0 Å². The van der Waals surface area contributed by atoms with E-state index in [9.17, 15) is 0 Å². The summed E-state index contributed by atoms with van der Waals surface area (Å²) in [6.45, 7) is 8.87. The number of hydrogen-bond donors (Lipinski definition) is 0. The summed E-state index contributed by atoms with van der Waals surface area (Å²) in [4.78, 5) is 0. The summed E-state index contributed by atoms with van der Waals surface area (Å²) in [5.41, 5.74) is 0. The lowest BCUT2D eigenvalue weighted by Crippen LogP contribution is -2.02. The van der Waals surface area contributed by atoms with Gasteiger partial charge in [0.15, 0.2) is 0 Å². The fourth-order valence-electron chi connectivity index (χ4n) is 1.08. The van der Waals surface area contributed by atoms with Crippen LogP contribution in [0.1, 0.15) is 34.1 Å². The van der Waals surface area contributed by atoms with E-state index in [1.807, 2.05) is 0 Å². The van der Waals surface area contributed by atoms with Gasteiger partial charge in [0.05, 0.1) is 0 Å². The molecule has 0 radical (unpaired) electrons. The van der Waals surface area contributed by atoms with Crippen LogP contribution in [-0.2, 0) is 0 Å². The van der Waals surface area contributed by atoms with E-state index in [0.717, 1.165) is 11.8 Å². The first-order valence-electron chi connectivity index (χ1n) is 3.85. The van der Waals surface area contributed by atoms with Crippen molar-refractivity contribution in [3.05, 3.63) is 12.2 Å². The largest absolute Gasteiger partial charge is 0.0914 e. The Morgan fingerprint density at radius 1 is 1.33 bits per heavy atom. The standard InChI is InChI=1S/C9H18/c1-5-7-9(6-2)8(3)4/h5,7-9H,6H2,1-4H3/b7-5-. The fraction of sp³-hybridized carbons (Fsp3) is 0.778. The third kappa shape index (κ3) is 3.34. The lowest BCUT2D eigenvalue weighted by atomic mass is 9.93. The molecule has 0 aliphatic heterocycles. The maximum Gasteiger partial charge on any atom is -0.0213 e. The van der Waals surface area contributed by atoms with Crippen molar-refractivity contribution in [1.29, 1.82) is 0 Å². The molecule has 1 atom stereocenters. The van der Waals surface area contributed by atoms with E-state index in [1.165, 1.54) is 6.42 Å². The zero-order valence-corrected chi connectivity index (χ0v) is 7.02. The van der Waals surface area contributed by atoms with Gasteiger partial charge < -0.3 is 0 Å². The number of rotatable bonds is 3. The highest BCUT2D eigenvalue weighted by Gasteiger charge is 2.04. The number of allylic oxidation sites excluding steroid dienone is 2. The van der Waals surface area contributed by atoms with Crippen LogP contribution in [0.25, 0.3) is 0 Å². The molecule has 0 aromatic rings. The van der Waals surface area contributed by atoms with Gasteiger partial charge in [-0.2, -0.15) is 0 Å². The van der Waals surface area contributed by atoms with Crippen molar-refractivity contribution in [2.24, 2.45) is 11.8 Å². The lowest BCUT2D eigenvalue weighted by molar-refractivity contribution is 0.453. The zero-order valence-electron chi connectivity index (χ0n) is 7.02. The van der Waals surface area contributed by atoms with Gasteiger partial charge in [0.1, 0.15) is 0 Å². The average molecular weight is 126 g/mol. The molecule has 0 spiro atoms. The molecule has 0 rings (SSSR count). The monoisotopic (exact) mass is 126 g/mol. The van der Waals surface area contributed by atoms with E-state index in [2.05, 4.69) is 39.8 Å². The maximum absolute atomic E-state index is 2.30. The molecule has 0 amide bonds. The Hall–Kier alpha value is -0.260. The van der Waals surface area contributed by atoms with Crippen LogP contribution in [0.4, 0.5) is 0 Å². The third-order valence-corrected chi connectivity index (χ3v) is 1.77. The lowest BCUT2D eigenvalue weighted by Gasteiger charge is -2.13. The molecule has 0 N–H and O–H groups in total. The van der Waals surface area contributed by atoms with E-state index in [1.54, 1.807) is 0 Å². The summed E-state index contributed by atoms with van der Waals surface area (Å²) >= 11 is 0. The molecule has 0 heterocycles. The van der Waals surface area contributed by atoms with Gasteiger partial charge in [-0.15, -0.1) is 0 Å². The second kappa shape index (κ2) is 4.60. The molecule has 0 fully saturated rings. The minimum Gasteiger partial charge on any atom is -0.0914 e. The summed E-state index contributed by atoms with van der Waals surface area (Å²) in [5.74, 6) is 1.58. The Labute approximate surface area is 59.0 Å². The Morgan fingerprint density at radius 3 is 2.00 bits per heavy atom. The van der Waals surface area contributed by atoms with Crippen LogP contribution >= 0.6 is 0 Å². The fourth-order valence-corrected chi connectivity index (χ4v) is 1.08. The van der Waals surface area contributed by atoms with Gasteiger partial charge in [-0.05, 0) is 25.2 Å². The highest BCUT2D eigenvalue weighted by molar-refractivity contribution is 4.86. The summed E-state index contributed by atoms with van der Waals surface area (Å²) in [6, 6.07) is 0. The second-order valence-corrected chi connectivity index (χ2v) is 2.84. The van der Waals surface area contributed by atoms with Gasteiger partial charge in [-0.3, -0.25) is 0 Å². The van der Waals surface area contributed by atoms with E-state index in [4.69, 9.17) is 0 Å². The van der Waals surface area contributed by atoms with Crippen LogP contribution in [0.3, 0.4) is 0 Å². The van der Waals surface area contributed by atoms with Gasteiger partial charge in [-0.25, -0.2) is 0 Å². The molecule has 0 aromatic heterocycles. The molecule has 0 heteroatoms. The quantitative estimate of drug-likeness (QED) is 0.509. The van der Waals surface area contributed by atoms with Crippen molar-refractivity contribution >= 4 is 0 Å². The maximum atomic E-state index is 2.30. The Bertz CT molecular complexity index is 80.0. The van der Waals surface area contributed by atoms with E-state index in [-0.39, 0.29) is 0 Å². The van der Waals surface area contributed by atoms with Crippen molar-refractivity contribution in [3.8, 4) is 0 Å². The molecular formula is C9H18. The van der Waals surface area contributed by atoms with Gasteiger partial charge in [-0.1, -0.05) is 32.9 Å². The van der Waals surface area contributed by atoms with Gasteiger partial charge in [0.25, 0.3) is 0 Å². The first-order valence-corrected chi connectivity index (χ1v) is 3.85. The van der Waals surface area contributed by atoms with Crippen molar-refractivity contribution in [1.82, 2.24) is 0 Å². The highest BCUT2D eigenvalue weighted by atomic mass is 14.1. The summed E-state index contributed by atoms with van der Waals surface area (Å²) in [5, 5.41) is 0. The van der Waals surface area contributed by atoms with Gasteiger partial charge in [0, 0.05) is 0 Å². The number of hydrogen-bond acceptors (Lipinski definition) is 0. The van der Waals surface area contributed by atoms with E-state index < -0.39 is 0 Å². The molecular weight excluding hydrogens is 108 g/mol. The molecule has 0 aliphatic rings. The molecule has 0 saturated carbocycles. The Balaban J connectivity index is 3.68. The molecule has 0 aromatic carbocycles. The predicted molar refractivity (Wildman–Crippen MR) is 43.4 cm³/mol. The predicted octanol–water partition coefficient (Wildman–Crippen LogP) is 3.24. The molecule has 54 valence electrons. The highest BCUT2D eigenvalue weighted by Crippen LogP contribution is 2.15. The van der Waals surface area contributed by atoms with Crippen molar-refractivity contribution in [2.45, 2.75) is 34.1 Å². The minimum atomic E-state index is 0.787. The van der Waals surface area contributed by atoms with Crippen LogP contribution in [0, 0.1) is 11.8 Å². The third-order valence-electron chi connectivity index (χ3n) is 1.77. The molecule has 0 saturated heterocycles. The van der Waals surface area contributed by atoms with Crippen molar-refractivity contribution < 1.29 is 0 Å². The summed E-state index contributed by atoms with van der Waals surface area (Å²) in [6.07, 6.45) is 5.71. The van der Waals surface area contributed by atoms with Crippen molar-refractivity contribution in [2.75, 3.05) is 0 Å². The van der Waals surface area contributed by atoms with Gasteiger partial charge in [0.2, 0.25) is 0 Å². The molecule has 0 nitrogen and oxygen atoms in total. The molecule has 0 aliphatic carbocycles. The Kier molecular flexibility index (Phi) is 4.47. The molecule has 1 unspecified atom stereocenters. The van der Waals surface area contributed by atoms with Crippen LogP contribution in [-0.4, -0.2) is 0 Å². The minimum absolute atomic E-state index is 0.787. The second-order valence-electron chi connectivity index (χ2n) is 2.84.